The maximum absolute atomic E-state index is 12.7. The van der Waals surface area contributed by atoms with Gasteiger partial charge in [0, 0.05) is 24.2 Å². The van der Waals surface area contributed by atoms with Crippen LogP contribution in [0.5, 0.6) is 0 Å². The third-order valence-corrected chi connectivity index (χ3v) is 6.03. The Balaban J connectivity index is 1.99. The number of nitrogens with one attached hydrogen (secondary N) is 1. The number of halogens is 2. The number of nitrogens with zero attached hydrogens (tertiary/aromatic N) is 2. The lowest BCUT2D eigenvalue weighted by atomic mass is 10.0. The maximum atomic E-state index is 12.7. The van der Waals surface area contributed by atoms with E-state index in [0.717, 1.165) is 10.2 Å². The van der Waals surface area contributed by atoms with Crippen LogP contribution in [0.25, 0.3) is 10.9 Å². The van der Waals surface area contributed by atoms with Gasteiger partial charge in [0.1, 0.15) is 11.2 Å². The normalized spacial score (nSPS) is 12.5. The van der Waals surface area contributed by atoms with E-state index >= 15 is 0 Å². The van der Waals surface area contributed by atoms with E-state index in [9.17, 15) is 18.0 Å². The van der Waals surface area contributed by atoms with Crippen LogP contribution in [0.3, 0.4) is 0 Å². The van der Waals surface area contributed by atoms with Crippen molar-refractivity contribution in [3.63, 3.8) is 0 Å². The molecule has 158 valence electrons. The number of hydrogen-bond donors (Lipinski definition) is 1. The van der Waals surface area contributed by atoms with E-state index in [1.54, 1.807) is 24.3 Å². The Bertz CT molecular complexity index is 1220. The van der Waals surface area contributed by atoms with Crippen molar-refractivity contribution >= 4 is 56.0 Å². The van der Waals surface area contributed by atoms with E-state index in [1.807, 2.05) is 0 Å². The fourth-order valence-corrected chi connectivity index (χ4v) is 4.42. The molecule has 2 aromatic heterocycles. The maximum Gasteiger partial charge on any atom is 0.328 e. The molecule has 0 saturated carbocycles. The first-order valence-corrected chi connectivity index (χ1v) is 11.2. The van der Waals surface area contributed by atoms with Gasteiger partial charge in [-0.1, -0.05) is 41.4 Å². The zero-order valence-corrected chi connectivity index (χ0v) is 18.3. The van der Waals surface area contributed by atoms with Crippen molar-refractivity contribution in [3.05, 3.63) is 64.0 Å². The molecule has 8 nitrogen and oxygen atoms in total. The summed E-state index contributed by atoms with van der Waals surface area (Å²) in [6, 6.07) is 7.13. The molecule has 0 saturated heterocycles. The van der Waals surface area contributed by atoms with E-state index in [2.05, 4.69) is 10.3 Å². The van der Waals surface area contributed by atoms with Crippen molar-refractivity contribution in [3.8, 4) is 0 Å². The topological polar surface area (TPSA) is 107 Å². The Morgan fingerprint density at radius 2 is 1.93 bits per heavy atom. The van der Waals surface area contributed by atoms with Gasteiger partial charge in [-0.2, -0.15) is 0 Å². The second kappa shape index (κ2) is 8.63. The minimum Gasteiger partial charge on any atom is -0.467 e. The first kappa shape index (κ1) is 22.1. The Kier molecular flexibility index (Phi) is 6.35. The second-order valence-corrected chi connectivity index (χ2v) is 9.07. The third kappa shape index (κ3) is 4.43. The summed E-state index contributed by atoms with van der Waals surface area (Å²) in [5, 5.41) is 3.13. The molecule has 0 bridgehead atoms. The number of hydrogen-bond acceptors (Lipinski definition) is 6. The number of carbonyl (C=O) groups excluding carboxylic acids is 2. The number of benzene rings is 1. The highest BCUT2D eigenvalue weighted by Gasteiger charge is 2.27. The number of methoxy groups -OCH3 is 1. The summed E-state index contributed by atoms with van der Waals surface area (Å²) < 4.78 is 30.2. The largest absolute Gasteiger partial charge is 0.467 e. The first-order valence-electron chi connectivity index (χ1n) is 8.61. The Morgan fingerprint density at radius 3 is 2.57 bits per heavy atom. The molecule has 0 radical (unpaired) electrons. The van der Waals surface area contributed by atoms with Crippen LogP contribution in [0.1, 0.15) is 15.9 Å². The number of fused-ring (bicyclic) bond motifs is 1. The lowest BCUT2D eigenvalue weighted by Gasteiger charge is -2.17. The minimum absolute atomic E-state index is 0.0169. The number of ether oxygens (including phenoxy) is 1. The van der Waals surface area contributed by atoms with Crippen molar-refractivity contribution in [2.24, 2.45) is 0 Å². The van der Waals surface area contributed by atoms with Crippen LogP contribution in [0, 0.1) is 0 Å². The van der Waals surface area contributed by atoms with Crippen LogP contribution in [0.15, 0.2) is 42.7 Å². The third-order valence-electron chi connectivity index (χ3n) is 4.41. The first-order chi connectivity index (χ1) is 14.1. The standard InChI is InChI=1S/C19H17Cl2N3O5S/c1-29-19(26)14(23-18(25)16-13(20)7-8-22-17(16)21)9-11-10-24(30(2,27)28)15-6-4-3-5-12(11)15/h3-8,10,14H,9H2,1-2H3,(H,23,25)/t14-/m0/s1. The van der Waals surface area contributed by atoms with Crippen molar-refractivity contribution in [2.75, 3.05) is 13.4 Å². The van der Waals surface area contributed by atoms with Gasteiger partial charge in [0.2, 0.25) is 10.0 Å². The molecule has 3 rings (SSSR count). The number of rotatable bonds is 6. The molecule has 0 aliphatic heterocycles. The number of amides is 1. The van der Waals surface area contributed by atoms with Crippen LogP contribution < -0.4 is 5.32 Å². The van der Waals surface area contributed by atoms with E-state index < -0.39 is 27.9 Å². The molecule has 3 aromatic rings. The number of para-hydroxylation sites is 1. The molecule has 0 aliphatic rings. The molecule has 1 N–H and O–H groups in total. The molecular formula is C19H17Cl2N3O5S. The molecule has 0 aliphatic carbocycles. The van der Waals surface area contributed by atoms with Gasteiger partial charge in [-0.3, -0.25) is 4.79 Å². The highest BCUT2D eigenvalue weighted by atomic mass is 35.5. The predicted octanol–water partition coefficient (Wildman–Crippen LogP) is 2.66. The van der Waals surface area contributed by atoms with Crippen molar-refractivity contribution in [1.82, 2.24) is 14.3 Å². The summed E-state index contributed by atoms with van der Waals surface area (Å²) >= 11 is 12.0. The van der Waals surface area contributed by atoms with Gasteiger partial charge in [-0.15, -0.1) is 0 Å². The molecule has 0 spiro atoms. The predicted molar refractivity (Wildman–Crippen MR) is 113 cm³/mol. The monoisotopic (exact) mass is 469 g/mol. The van der Waals surface area contributed by atoms with Gasteiger partial charge in [0.25, 0.3) is 5.91 Å². The molecule has 1 atom stereocenters. The number of carbonyl (C=O) groups is 2. The van der Waals surface area contributed by atoms with E-state index in [4.69, 9.17) is 27.9 Å². The van der Waals surface area contributed by atoms with Crippen molar-refractivity contribution < 1.29 is 22.7 Å². The van der Waals surface area contributed by atoms with Crippen LogP contribution >= 0.6 is 23.2 Å². The van der Waals surface area contributed by atoms with E-state index in [0.29, 0.717) is 16.5 Å². The van der Waals surface area contributed by atoms with E-state index in [-0.39, 0.29) is 22.2 Å². The Morgan fingerprint density at radius 1 is 1.23 bits per heavy atom. The molecular weight excluding hydrogens is 453 g/mol. The lowest BCUT2D eigenvalue weighted by Crippen LogP contribution is -2.43. The van der Waals surface area contributed by atoms with Crippen molar-refractivity contribution in [1.29, 1.82) is 0 Å². The molecule has 0 unspecified atom stereocenters. The van der Waals surface area contributed by atoms with Gasteiger partial charge in [-0.25, -0.2) is 22.2 Å². The number of esters is 1. The lowest BCUT2D eigenvalue weighted by molar-refractivity contribution is -0.142. The average molecular weight is 470 g/mol. The summed E-state index contributed by atoms with van der Waals surface area (Å²) in [5.74, 6) is -1.42. The highest BCUT2D eigenvalue weighted by molar-refractivity contribution is 7.89. The summed E-state index contributed by atoms with van der Waals surface area (Å²) in [6.07, 6.45) is 3.83. The zero-order valence-electron chi connectivity index (χ0n) is 15.9. The molecule has 1 amide bonds. The van der Waals surface area contributed by atoms with Crippen LogP contribution in [0.2, 0.25) is 10.2 Å². The van der Waals surface area contributed by atoms with Crippen LogP contribution in [0.4, 0.5) is 0 Å². The fourth-order valence-electron chi connectivity index (χ4n) is 3.06. The Hall–Kier alpha value is -2.62. The molecule has 11 heteroatoms. The van der Waals surface area contributed by atoms with Gasteiger partial charge >= 0.3 is 5.97 Å². The second-order valence-electron chi connectivity index (χ2n) is 6.44. The molecule has 0 fully saturated rings. The van der Waals surface area contributed by atoms with Crippen molar-refractivity contribution in [2.45, 2.75) is 12.5 Å². The average Bonchev–Trinajstić information content (AvgIpc) is 3.06. The van der Waals surface area contributed by atoms with Crippen LogP contribution in [-0.2, 0) is 26.0 Å². The van der Waals surface area contributed by atoms with Gasteiger partial charge in [-0.05, 0) is 17.7 Å². The molecule has 30 heavy (non-hydrogen) atoms. The molecule has 1 aromatic carbocycles. The SMILES string of the molecule is COC(=O)[C@H](Cc1cn(S(C)(=O)=O)c2ccccc12)NC(=O)c1c(Cl)ccnc1Cl. The van der Waals surface area contributed by atoms with Gasteiger partial charge in [0.05, 0.1) is 29.5 Å². The van der Waals surface area contributed by atoms with Gasteiger partial charge < -0.3 is 10.1 Å². The minimum atomic E-state index is -3.58. The summed E-state index contributed by atoms with van der Waals surface area (Å²) in [4.78, 5) is 28.9. The van der Waals surface area contributed by atoms with Crippen LogP contribution in [-0.4, -0.2) is 48.7 Å². The Labute approximate surface area is 182 Å². The smallest absolute Gasteiger partial charge is 0.328 e. The fraction of sp³-hybridized carbons (Fsp3) is 0.211. The number of pyridine rings is 1. The summed E-state index contributed by atoms with van der Waals surface area (Å²) in [7, 11) is -2.39. The number of aromatic nitrogens is 2. The molecule has 2 heterocycles. The van der Waals surface area contributed by atoms with Gasteiger partial charge in [0.15, 0.2) is 0 Å². The zero-order chi connectivity index (χ0) is 22.1. The summed E-state index contributed by atoms with van der Waals surface area (Å²) in [6.45, 7) is 0. The van der Waals surface area contributed by atoms with E-state index in [1.165, 1.54) is 25.6 Å². The quantitative estimate of drug-likeness (QED) is 0.439. The summed E-state index contributed by atoms with van der Waals surface area (Å²) in [5.41, 5.74) is 0.923. The highest BCUT2D eigenvalue weighted by Crippen LogP contribution is 2.25.